The molecule has 2 amide bonds. The number of carbonyl (C=O) groups is 2. The van der Waals surface area contributed by atoms with Gasteiger partial charge in [-0.05, 0) is 80.3 Å². The van der Waals surface area contributed by atoms with Crippen LogP contribution >= 0.6 is 0 Å². The summed E-state index contributed by atoms with van der Waals surface area (Å²) >= 11 is 0. The lowest BCUT2D eigenvalue weighted by Crippen LogP contribution is -2.43. The summed E-state index contributed by atoms with van der Waals surface area (Å²) in [5.74, 6) is 0.313. The molecule has 8 aromatic rings. The number of nitrogens with one attached hydrogen (secondary N) is 4. The number of benzene rings is 4. The van der Waals surface area contributed by atoms with Crippen LogP contribution in [-0.2, 0) is 0 Å². The molecule has 66 heavy (non-hydrogen) atoms. The number of nitrogens with two attached hydrogens (primary N) is 4. The Bertz CT molecular complexity index is 2960. The molecule has 12 N–H and O–H groups in total. The predicted octanol–water partition coefficient (Wildman–Crippen LogP) is 6.68. The first-order valence-electron chi connectivity index (χ1n) is 22.1. The second-order valence-electron chi connectivity index (χ2n) is 16.6. The van der Waals surface area contributed by atoms with Crippen LogP contribution in [0.25, 0.3) is 33.3 Å². The maximum absolute atomic E-state index is 12.0. The molecule has 0 bridgehead atoms. The number of imidazole rings is 1. The largest absolute Gasteiger partial charge is 0.365 e. The van der Waals surface area contributed by atoms with E-state index in [1.54, 1.807) is 6.33 Å². The zero-order valence-electron chi connectivity index (χ0n) is 36.2. The van der Waals surface area contributed by atoms with Gasteiger partial charge in [-0.3, -0.25) is 14.2 Å². The first-order chi connectivity index (χ1) is 32.1. The number of primary amides is 2. The number of nitrogens with zero attached hydrogens (tertiary/aromatic N) is 8. The number of rotatable bonds is 12. The Balaban J connectivity index is 0.000000166. The molecule has 0 unspecified atom stereocenters. The molecular weight excluding hydrogens is 833 g/mol. The van der Waals surface area contributed by atoms with Gasteiger partial charge in [0.1, 0.15) is 29.1 Å². The van der Waals surface area contributed by atoms with Gasteiger partial charge in [-0.2, -0.15) is 15.1 Å². The summed E-state index contributed by atoms with van der Waals surface area (Å²) < 4.78 is 3.83. The first kappa shape index (κ1) is 43.3. The van der Waals surface area contributed by atoms with Gasteiger partial charge in [-0.15, -0.1) is 0 Å². The molecule has 10 rings (SSSR count). The SMILES string of the molecule is NC(=O)c1cnc(N[C@@H]2CCCC[C@@H]2N)nc1Nc1cccc(-n2cc3ccccc3n2)c1.NC(=O)c1cnc(N[C@@H]2CCCC[C@@H]2N)nc1Nc1cccc(-n2cnc3ccccc32)c1. The summed E-state index contributed by atoms with van der Waals surface area (Å²) in [5.41, 5.74) is 30.2. The summed E-state index contributed by atoms with van der Waals surface area (Å²) in [5, 5.41) is 18.8. The van der Waals surface area contributed by atoms with Gasteiger partial charge >= 0.3 is 0 Å². The van der Waals surface area contributed by atoms with Crippen LogP contribution in [0.5, 0.6) is 0 Å². The van der Waals surface area contributed by atoms with Crippen LogP contribution in [0.15, 0.2) is 122 Å². The van der Waals surface area contributed by atoms with Crippen LogP contribution < -0.4 is 44.2 Å². The molecule has 2 saturated carbocycles. The number of para-hydroxylation sites is 2. The fourth-order valence-electron chi connectivity index (χ4n) is 8.46. The minimum atomic E-state index is -0.604. The van der Waals surface area contributed by atoms with E-state index in [0.29, 0.717) is 23.5 Å². The monoisotopic (exact) mass is 884 g/mol. The second kappa shape index (κ2) is 19.4. The van der Waals surface area contributed by atoms with E-state index in [0.717, 1.165) is 96.1 Å². The van der Waals surface area contributed by atoms with Crippen molar-refractivity contribution in [1.82, 2.24) is 39.3 Å². The molecule has 18 nitrogen and oxygen atoms in total. The Labute approximate surface area is 380 Å². The summed E-state index contributed by atoms with van der Waals surface area (Å²) in [6.45, 7) is 0. The van der Waals surface area contributed by atoms with Crippen LogP contribution in [0.3, 0.4) is 0 Å². The molecule has 18 heteroatoms. The maximum atomic E-state index is 12.0. The van der Waals surface area contributed by atoms with Gasteiger partial charge in [-0.25, -0.2) is 19.6 Å². The highest BCUT2D eigenvalue weighted by atomic mass is 16.1. The van der Waals surface area contributed by atoms with Crippen LogP contribution in [0.2, 0.25) is 0 Å². The molecule has 2 aliphatic rings. The standard InChI is InChI=1S/2C24H26N8O/c25-19-9-2-4-11-21(19)29-24-27-13-18(22(26)33)23(30-24)28-16-7-5-8-17(12-16)32-14-15-6-1-3-10-20(15)31-32;25-18-8-1-2-9-19(18)30-24-27-13-17(22(26)33)23(31-24)29-15-6-5-7-16(12-15)32-14-28-20-10-3-4-11-21(20)32/h1,3,5-8,10,12-14,19,21H,2,4,9,11,25H2,(H2,26,33)(H2,27,28,29,30);3-7,10-14,18-19H,1-2,8-9,25H2,(H2,26,33)(H2,27,29,30,31)/t19-,21+;18-,19+/m00/s1. The van der Waals surface area contributed by atoms with Crippen molar-refractivity contribution < 1.29 is 9.59 Å². The van der Waals surface area contributed by atoms with Gasteiger partial charge in [0.25, 0.3) is 11.8 Å². The number of aromatic nitrogens is 8. The highest BCUT2D eigenvalue weighted by molar-refractivity contribution is 5.99. The third kappa shape index (κ3) is 9.89. The number of fused-ring (bicyclic) bond motifs is 2. The first-order valence-corrected chi connectivity index (χ1v) is 22.1. The maximum Gasteiger partial charge on any atom is 0.254 e. The van der Waals surface area contributed by atoms with Gasteiger partial charge in [0, 0.05) is 65.2 Å². The molecule has 4 aromatic heterocycles. The minimum Gasteiger partial charge on any atom is -0.365 e. The average Bonchev–Trinajstić information content (AvgIpc) is 3.97. The molecule has 0 radical (unpaired) electrons. The van der Waals surface area contributed by atoms with E-state index in [4.69, 9.17) is 22.9 Å². The van der Waals surface area contributed by atoms with Crippen molar-refractivity contribution in [3.63, 3.8) is 0 Å². The molecule has 336 valence electrons. The molecular formula is C48H52N16O2. The molecule has 2 aliphatic carbocycles. The van der Waals surface area contributed by atoms with E-state index in [9.17, 15) is 9.59 Å². The lowest BCUT2D eigenvalue weighted by atomic mass is 9.91. The van der Waals surface area contributed by atoms with E-state index in [1.165, 1.54) is 12.4 Å². The third-order valence-electron chi connectivity index (χ3n) is 12.0. The van der Waals surface area contributed by atoms with Gasteiger partial charge in [0.15, 0.2) is 0 Å². The molecule has 2 fully saturated rings. The number of hydrogen-bond acceptors (Lipinski definition) is 14. The number of amides is 2. The topological polar surface area (TPSA) is 274 Å². The molecule has 4 atom stereocenters. The summed E-state index contributed by atoms with van der Waals surface area (Å²) in [6.07, 6.45) is 15.0. The Morgan fingerprint density at radius 2 is 1.12 bits per heavy atom. The fraction of sp³-hybridized carbons (Fsp3) is 0.250. The number of anilines is 6. The van der Waals surface area contributed by atoms with Crippen LogP contribution in [0.4, 0.5) is 34.9 Å². The lowest BCUT2D eigenvalue weighted by Gasteiger charge is -2.29. The highest BCUT2D eigenvalue weighted by Crippen LogP contribution is 2.28. The quantitative estimate of drug-likeness (QED) is 0.0636. The Morgan fingerprint density at radius 1 is 0.591 bits per heavy atom. The fourth-order valence-corrected chi connectivity index (χ4v) is 8.46. The normalized spacial score (nSPS) is 18.2. The van der Waals surface area contributed by atoms with Gasteiger partial charge in [0.05, 0.1) is 22.2 Å². The average molecular weight is 885 g/mol. The second-order valence-corrected chi connectivity index (χ2v) is 16.6. The molecule has 0 aliphatic heterocycles. The molecule has 4 heterocycles. The van der Waals surface area contributed by atoms with Crippen molar-refractivity contribution in [3.05, 3.63) is 133 Å². The van der Waals surface area contributed by atoms with Gasteiger partial charge in [0.2, 0.25) is 11.9 Å². The Kier molecular flexibility index (Phi) is 12.7. The van der Waals surface area contributed by atoms with Gasteiger partial charge < -0.3 is 44.2 Å². The van der Waals surface area contributed by atoms with E-state index in [2.05, 4.69) is 51.3 Å². The summed E-state index contributed by atoms with van der Waals surface area (Å²) in [4.78, 5) is 46.2. The zero-order valence-corrected chi connectivity index (χ0v) is 36.2. The summed E-state index contributed by atoms with van der Waals surface area (Å²) in [7, 11) is 0. The van der Waals surface area contributed by atoms with E-state index in [-0.39, 0.29) is 35.3 Å². The molecule has 4 aromatic carbocycles. The molecule has 0 spiro atoms. The van der Waals surface area contributed by atoms with Crippen LogP contribution in [0.1, 0.15) is 72.1 Å². The minimum absolute atomic E-state index is 0.0517. The van der Waals surface area contributed by atoms with Crippen molar-refractivity contribution >= 4 is 68.7 Å². The zero-order chi connectivity index (χ0) is 45.6. The molecule has 0 saturated heterocycles. The van der Waals surface area contributed by atoms with E-state index in [1.807, 2.05) is 113 Å². The predicted molar refractivity (Wildman–Crippen MR) is 258 cm³/mol. The van der Waals surface area contributed by atoms with Gasteiger partial charge in [-0.1, -0.05) is 68.1 Å². The Hall–Kier alpha value is -7.96. The Morgan fingerprint density at radius 3 is 1.70 bits per heavy atom. The van der Waals surface area contributed by atoms with E-state index >= 15 is 0 Å². The smallest absolute Gasteiger partial charge is 0.254 e. The van der Waals surface area contributed by atoms with Crippen molar-refractivity contribution in [1.29, 1.82) is 0 Å². The van der Waals surface area contributed by atoms with Crippen molar-refractivity contribution in [2.75, 3.05) is 21.3 Å². The number of hydrogen-bond donors (Lipinski definition) is 8. The number of carbonyl (C=O) groups excluding carboxylic acids is 2. The van der Waals surface area contributed by atoms with Crippen molar-refractivity contribution in [2.45, 2.75) is 75.5 Å². The highest BCUT2D eigenvalue weighted by Gasteiger charge is 2.25. The van der Waals surface area contributed by atoms with Crippen LogP contribution in [0, 0.1) is 0 Å². The van der Waals surface area contributed by atoms with Crippen molar-refractivity contribution in [2.24, 2.45) is 22.9 Å². The lowest BCUT2D eigenvalue weighted by molar-refractivity contribution is 0.0992. The van der Waals surface area contributed by atoms with Crippen molar-refractivity contribution in [3.8, 4) is 11.4 Å². The summed E-state index contributed by atoms with van der Waals surface area (Å²) in [6, 6.07) is 31.7. The van der Waals surface area contributed by atoms with Crippen LogP contribution in [-0.4, -0.2) is 75.2 Å². The third-order valence-corrected chi connectivity index (χ3v) is 12.0. The van der Waals surface area contributed by atoms with E-state index < -0.39 is 11.8 Å².